The van der Waals surface area contributed by atoms with Gasteiger partial charge in [-0.2, -0.15) is 17.6 Å². The van der Waals surface area contributed by atoms with Gasteiger partial charge in [0.25, 0.3) is 17.7 Å². The van der Waals surface area contributed by atoms with Gasteiger partial charge in [-0.3, -0.25) is 25.5 Å². The van der Waals surface area contributed by atoms with Gasteiger partial charge in [0.05, 0.1) is 24.8 Å². The van der Waals surface area contributed by atoms with Crippen LogP contribution in [0.5, 0.6) is 0 Å². The third kappa shape index (κ3) is 5.72. The van der Waals surface area contributed by atoms with Crippen LogP contribution >= 0.6 is 11.3 Å². The first-order valence-electron chi connectivity index (χ1n) is 12.8. The third-order valence-corrected chi connectivity index (χ3v) is 8.12. The molecule has 1 saturated heterocycles. The number of nitrogens with zero attached hydrogens (tertiary/aromatic N) is 1. The summed E-state index contributed by atoms with van der Waals surface area (Å²) in [6.45, 7) is -3.86. The SMILES string of the molecule is NC(=[NH2+])c1csc(CNC(=O)[C@@H]2C[C@@H](OC(F)F)CN2C(=O)CNC(=O)c2ccc3c(c2)-c2ccccc2C3(F)F)c1. The van der Waals surface area contributed by atoms with E-state index in [-0.39, 0.29) is 47.6 Å². The number of fused-ring (bicyclic) bond motifs is 3. The highest BCUT2D eigenvalue weighted by Crippen LogP contribution is 2.50. The summed E-state index contributed by atoms with van der Waals surface area (Å²) in [6.07, 6.45) is -1.27. The summed E-state index contributed by atoms with van der Waals surface area (Å²) in [5, 5.41) is 12.4. The summed E-state index contributed by atoms with van der Waals surface area (Å²) in [5.74, 6) is -5.09. The van der Waals surface area contributed by atoms with Crippen LogP contribution in [0.25, 0.3) is 11.1 Å². The number of rotatable bonds is 9. The minimum atomic E-state index is -3.21. The van der Waals surface area contributed by atoms with Crippen molar-refractivity contribution in [2.45, 2.75) is 37.6 Å². The molecule has 1 aromatic heterocycles. The second-order valence-electron chi connectivity index (χ2n) is 9.85. The first-order chi connectivity index (χ1) is 20.0. The summed E-state index contributed by atoms with van der Waals surface area (Å²) in [7, 11) is 0. The molecule has 3 amide bonds. The molecule has 2 aromatic carbocycles. The first kappa shape index (κ1) is 29.2. The molecule has 9 nitrogen and oxygen atoms in total. The van der Waals surface area contributed by atoms with Gasteiger partial charge in [0.2, 0.25) is 11.8 Å². The number of alkyl halides is 4. The van der Waals surface area contributed by atoms with Crippen LogP contribution in [0.2, 0.25) is 0 Å². The number of amidine groups is 1. The molecule has 1 aliphatic heterocycles. The molecule has 14 heteroatoms. The topological polar surface area (TPSA) is 139 Å². The lowest BCUT2D eigenvalue weighted by Crippen LogP contribution is -2.48. The zero-order chi connectivity index (χ0) is 30.2. The van der Waals surface area contributed by atoms with Crippen molar-refractivity contribution in [3.8, 4) is 11.1 Å². The van der Waals surface area contributed by atoms with Crippen LogP contribution in [0.4, 0.5) is 17.6 Å². The maximum Gasteiger partial charge on any atom is 0.345 e. The Labute approximate surface area is 241 Å². The molecule has 0 radical (unpaired) electrons. The van der Waals surface area contributed by atoms with Gasteiger partial charge >= 0.3 is 6.61 Å². The molecule has 1 aliphatic carbocycles. The Morgan fingerprint density at radius 3 is 2.52 bits per heavy atom. The van der Waals surface area contributed by atoms with Gasteiger partial charge in [0.15, 0.2) is 0 Å². The Bertz CT molecular complexity index is 1560. The molecule has 42 heavy (non-hydrogen) atoms. The number of halogens is 4. The Morgan fingerprint density at radius 2 is 1.81 bits per heavy atom. The minimum Gasteiger partial charge on any atom is -0.349 e. The fourth-order valence-corrected chi connectivity index (χ4v) is 5.99. The molecule has 6 N–H and O–H groups in total. The van der Waals surface area contributed by atoms with Crippen LogP contribution in [0, 0.1) is 0 Å². The summed E-state index contributed by atoms with van der Waals surface area (Å²) in [4.78, 5) is 40.7. The van der Waals surface area contributed by atoms with E-state index in [1.165, 1.54) is 41.7 Å². The highest BCUT2D eigenvalue weighted by Gasteiger charge is 2.44. The van der Waals surface area contributed by atoms with E-state index in [1.807, 2.05) is 0 Å². The lowest BCUT2D eigenvalue weighted by atomic mass is 10.0. The zero-order valence-electron chi connectivity index (χ0n) is 21.9. The maximum absolute atomic E-state index is 14.8. The second kappa shape index (κ2) is 11.5. The molecular weight excluding hydrogens is 578 g/mol. The van der Waals surface area contributed by atoms with Crippen LogP contribution < -0.4 is 21.8 Å². The summed E-state index contributed by atoms with van der Waals surface area (Å²) >= 11 is 1.30. The normalized spacial score (nSPS) is 18.5. The number of nitrogens with two attached hydrogens (primary N) is 2. The maximum atomic E-state index is 14.8. The molecule has 220 valence electrons. The molecule has 1 fully saturated rings. The molecule has 5 rings (SSSR count). The van der Waals surface area contributed by atoms with Crippen molar-refractivity contribution in [3.05, 3.63) is 81.0 Å². The molecule has 2 aliphatic rings. The predicted molar refractivity (Wildman–Crippen MR) is 145 cm³/mol. The van der Waals surface area contributed by atoms with E-state index in [0.29, 0.717) is 11.1 Å². The van der Waals surface area contributed by atoms with E-state index in [2.05, 4.69) is 15.4 Å². The fourth-order valence-electron chi connectivity index (χ4n) is 5.16. The number of hydrogen-bond donors (Lipinski definition) is 4. The van der Waals surface area contributed by atoms with Gasteiger partial charge in [0.1, 0.15) is 6.04 Å². The van der Waals surface area contributed by atoms with Crippen molar-refractivity contribution in [1.29, 1.82) is 0 Å². The van der Waals surface area contributed by atoms with E-state index in [4.69, 9.17) is 11.1 Å². The highest BCUT2D eigenvalue weighted by molar-refractivity contribution is 7.10. The average molecular weight is 605 g/mol. The van der Waals surface area contributed by atoms with Crippen LogP contribution in [0.15, 0.2) is 53.9 Å². The Morgan fingerprint density at radius 1 is 1.07 bits per heavy atom. The zero-order valence-corrected chi connectivity index (χ0v) is 22.7. The van der Waals surface area contributed by atoms with Crippen molar-refractivity contribution in [1.82, 2.24) is 15.5 Å². The quantitative estimate of drug-likeness (QED) is 0.167. The summed E-state index contributed by atoms with van der Waals surface area (Å²) < 4.78 is 60.0. The minimum absolute atomic E-state index is 0.0503. The molecule has 0 bridgehead atoms. The van der Waals surface area contributed by atoms with Gasteiger partial charge in [0, 0.05) is 39.9 Å². The number of thiophene rings is 1. The molecular formula is C28H26F4N5O4S+. The molecule has 2 atom stereocenters. The fraction of sp³-hybridized carbons (Fsp3) is 0.286. The van der Waals surface area contributed by atoms with Gasteiger partial charge < -0.3 is 20.3 Å². The summed E-state index contributed by atoms with van der Waals surface area (Å²) in [6, 6.07) is 10.3. The Hall–Kier alpha value is -4.30. The van der Waals surface area contributed by atoms with Crippen molar-refractivity contribution in [2.24, 2.45) is 5.73 Å². The standard InChI is InChI=1S/C28H25F4N5O4S/c29-27(30)41-16-9-22(26(40)35-10-17-7-15(13-42-17)24(33)34)37(12-16)23(38)11-36-25(39)14-5-6-21-19(8-14)18-3-1-2-4-20(18)28(21,31)32/h1-8,13,16,22,27H,9-12H2,(H3,33,34)(H,35,40)(H,36,39)/p+1/t16-,22+/m1/s1. The number of carbonyl (C=O) groups excluding carboxylic acids is 3. The number of carbonyl (C=O) groups is 3. The third-order valence-electron chi connectivity index (χ3n) is 7.18. The summed E-state index contributed by atoms with van der Waals surface area (Å²) in [5.41, 5.74) is 6.35. The van der Waals surface area contributed by atoms with Gasteiger partial charge in [-0.15, -0.1) is 11.3 Å². The van der Waals surface area contributed by atoms with E-state index >= 15 is 0 Å². The predicted octanol–water partition coefficient (Wildman–Crippen LogP) is 1.59. The van der Waals surface area contributed by atoms with Gasteiger partial charge in [-0.05, 0) is 29.3 Å². The van der Waals surface area contributed by atoms with Crippen molar-refractivity contribution in [2.75, 3.05) is 13.1 Å². The molecule has 0 unspecified atom stereocenters. The molecule has 0 spiro atoms. The number of ether oxygens (including phenoxy) is 1. The van der Waals surface area contributed by atoms with E-state index in [0.717, 1.165) is 9.78 Å². The number of nitrogens with one attached hydrogen (secondary N) is 2. The molecule has 2 heterocycles. The van der Waals surface area contributed by atoms with Gasteiger partial charge in [-0.25, -0.2) is 0 Å². The van der Waals surface area contributed by atoms with Gasteiger partial charge in [-0.1, -0.05) is 30.3 Å². The number of benzene rings is 2. The van der Waals surface area contributed by atoms with Crippen molar-refractivity contribution in [3.63, 3.8) is 0 Å². The Kier molecular flexibility index (Phi) is 8.01. The van der Waals surface area contributed by atoms with E-state index in [1.54, 1.807) is 23.6 Å². The first-order valence-corrected chi connectivity index (χ1v) is 13.7. The molecule has 3 aromatic rings. The lowest BCUT2D eigenvalue weighted by Gasteiger charge is -2.24. The van der Waals surface area contributed by atoms with Crippen molar-refractivity contribution >= 4 is 34.9 Å². The smallest absolute Gasteiger partial charge is 0.345 e. The van der Waals surface area contributed by atoms with E-state index in [9.17, 15) is 31.9 Å². The number of hydrogen-bond acceptors (Lipinski definition) is 5. The van der Waals surface area contributed by atoms with Crippen LogP contribution in [0.1, 0.15) is 38.3 Å². The highest BCUT2D eigenvalue weighted by atomic mass is 32.1. The van der Waals surface area contributed by atoms with Crippen molar-refractivity contribution < 1.29 is 42.1 Å². The average Bonchev–Trinajstić information content (AvgIpc) is 3.66. The lowest BCUT2D eigenvalue weighted by molar-refractivity contribution is -0.160. The van der Waals surface area contributed by atoms with Crippen LogP contribution in [-0.2, 0) is 26.8 Å². The van der Waals surface area contributed by atoms with Crippen LogP contribution in [-0.4, -0.2) is 60.3 Å². The number of likely N-dealkylation sites (tertiary alicyclic amines) is 1. The molecule has 0 saturated carbocycles. The van der Waals surface area contributed by atoms with Crippen LogP contribution in [0.3, 0.4) is 0 Å². The largest absolute Gasteiger partial charge is 0.349 e. The number of amides is 3. The second-order valence-corrected chi connectivity index (χ2v) is 10.8. The Balaban J connectivity index is 1.25. The monoisotopic (exact) mass is 604 g/mol. The van der Waals surface area contributed by atoms with E-state index < -0.39 is 48.9 Å².